The second kappa shape index (κ2) is 11.6. The minimum absolute atomic E-state index is 0.0242. The van der Waals surface area contributed by atoms with Crippen molar-refractivity contribution in [3.63, 3.8) is 0 Å². The van der Waals surface area contributed by atoms with Crippen LogP contribution in [0.2, 0.25) is 0 Å². The van der Waals surface area contributed by atoms with Gasteiger partial charge in [0.2, 0.25) is 0 Å². The third kappa shape index (κ3) is 5.74. The third-order valence-electron chi connectivity index (χ3n) is 7.03. The first kappa shape index (κ1) is 28.1. The molecule has 2 aromatic carbocycles. The highest BCUT2D eigenvalue weighted by Gasteiger charge is 2.29. The number of anilines is 1. The molecule has 5 rings (SSSR count). The summed E-state index contributed by atoms with van der Waals surface area (Å²) < 4.78 is 46.1. The molecular formula is C29H30F2N6O4. The number of ether oxygens (including phenoxy) is 3. The van der Waals surface area contributed by atoms with Gasteiger partial charge in [-0.2, -0.15) is 0 Å². The summed E-state index contributed by atoms with van der Waals surface area (Å²) in [5.74, 6) is -1.92. The molecule has 10 nitrogen and oxygen atoms in total. The fourth-order valence-electron chi connectivity index (χ4n) is 4.80. The fourth-order valence-corrected chi connectivity index (χ4v) is 4.80. The molecule has 1 aliphatic heterocycles. The molecule has 0 saturated carbocycles. The topological polar surface area (TPSA) is 111 Å². The first-order valence-electron chi connectivity index (χ1n) is 13.0. The van der Waals surface area contributed by atoms with Crippen LogP contribution in [-0.2, 0) is 6.54 Å². The summed E-state index contributed by atoms with van der Waals surface area (Å²) in [7, 11) is 2.53. The fraction of sp³-hybridized carbons (Fsp3) is 0.310. The Hall–Kier alpha value is -4.42. The van der Waals surface area contributed by atoms with Gasteiger partial charge in [0.15, 0.2) is 28.9 Å². The number of benzene rings is 2. The van der Waals surface area contributed by atoms with Crippen LogP contribution >= 0.6 is 0 Å². The number of carbonyl (C=O) groups excluding carboxylic acids is 1. The lowest BCUT2D eigenvalue weighted by molar-refractivity contribution is 0.0826. The molecule has 1 saturated heterocycles. The number of aromatic nitrogens is 3. The van der Waals surface area contributed by atoms with Gasteiger partial charge >= 0.3 is 6.09 Å². The van der Waals surface area contributed by atoms with Gasteiger partial charge in [-0.15, -0.1) is 0 Å². The number of hydrogen-bond donors (Lipinski definition) is 2. The van der Waals surface area contributed by atoms with Crippen LogP contribution in [0.1, 0.15) is 19.4 Å². The minimum atomic E-state index is -0.931. The van der Waals surface area contributed by atoms with Gasteiger partial charge in [-0.1, -0.05) is 6.07 Å². The molecule has 1 aliphatic rings. The van der Waals surface area contributed by atoms with Gasteiger partial charge in [0, 0.05) is 61.9 Å². The van der Waals surface area contributed by atoms with Gasteiger partial charge in [-0.3, -0.25) is 15.2 Å². The quantitative estimate of drug-likeness (QED) is 0.328. The average Bonchev–Trinajstić information content (AvgIpc) is 2.96. The van der Waals surface area contributed by atoms with Crippen LogP contribution in [-0.4, -0.2) is 65.3 Å². The molecule has 214 valence electrons. The van der Waals surface area contributed by atoms with E-state index in [0.29, 0.717) is 5.82 Å². The van der Waals surface area contributed by atoms with E-state index in [2.05, 4.69) is 44.3 Å². The lowest BCUT2D eigenvalue weighted by Gasteiger charge is -2.42. The number of halogens is 2. The number of nitrogens with one attached hydrogen (secondary N) is 2. The van der Waals surface area contributed by atoms with E-state index in [1.54, 1.807) is 12.3 Å². The number of methoxy groups -OCH3 is 2. The minimum Gasteiger partial charge on any atom is -0.494 e. The molecule has 0 aliphatic carbocycles. The molecule has 0 atom stereocenters. The van der Waals surface area contributed by atoms with E-state index < -0.39 is 23.3 Å². The molecule has 0 spiro atoms. The van der Waals surface area contributed by atoms with E-state index in [1.165, 1.54) is 38.7 Å². The zero-order chi connectivity index (χ0) is 29.1. The van der Waals surface area contributed by atoms with Crippen LogP contribution in [0.15, 0.2) is 48.9 Å². The van der Waals surface area contributed by atoms with Crippen molar-refractivity contribution >= 4 is 22.9 Å². The lowest BCUT2D eigenvalue weighted by Crippen LogP contribution is -2.57. The van der Waals surface area contributed by atoms with Crippen molar-refractivity contribution in [3.05, 3.63) is 66.1 Å². The maximum absolute atomic E-state index is 15.2. The standard InChI is InChI=1S/C29H30F2N6O4/c1-29(2)16-32-11-12-37(29)15-17-5-8-22(35-14-17)36-28(38)41-19-7-6-18(26-27(19)34-10-9-33-26)23-24(30)20(39-3)13-21(40-4)25(23)31/h5-10,13-14,32H,11-12,15-16H2,1-4H3,(H,35,36,38). The van der Waals surface area contributed by atoms with Crippen LogP contribution in [0.25, 0.3) is 22.2 Å². The lowest BCUT2D eigenvalue weighted by atomic mass is 9.99. The van der Waals surface area contributed by atoms with Gasteiger partial charge < -0.3 is 19.5 Å². The number of piperazine rings is 1. The summed E-state index contributed by atoms with van der Waals surface area (Å²) in [6.45, 7) is 7.90. The van der Waals surface area contributed by atoms with E-state index in [1.807, 2.05) is 6.07 Å². The average molecular weight is 565 g/mol. The molecule has 0 bridgehead atoms. The summed E-state index contributed by atoms with van der Waals surface area (Å²) in [4.78, 5) is 28.0. The molecule has 0 radical (unpaired) electrons. The van der Waals surface area contributed by atoms with Crippen molar-refractivity contribution in [1.82, 2.24) is 25.2 Å². The van der Waals surface area contributed by atoms with E-state index in [4.69, 9.17) is 14.2 Å². The number of fused-ring (bicyclic) bond motifs is 1. The molecule has 3 heterocycles. The second-order valence-corrected chi connectivity index (χ2v) is 10.1. The summed E-state index contributed by atoms with van der Waals surface area (Å²) in [5.41, 5.74) is 0.960. The third-order valence-corrected chi connectivity index (χ3v) is 7.03. The first-order chi connectivity index (χ1) is 19.7. The normalized spacial score (nSPS) is 15.0. The monoisotopic (exact) mass is 564 g/mol. The number of pyridine rings is 1. The van der Waals surface area contributed by atoms with E-state index >= 15 is 8.78 Å². The Morgan fingerprint density at radius 2 is 1.71 bits per heavy atom. The van der Waals surface area contributed by atoms with E-state index in [9.17, 15) is 4.79 Å². The van der Waals surface area contributed by atoms with Crippen molar-refractivity contribution in [2.45, 2.75) is 25.9 Å². The zero-order valence-electron chi connectivity index (χ0n) is 23.1. The predicted octanol–water partition coefficient (Wildman–Crippen LogP) is 4.78. The number of carbonyl (C=O) groups is 1. The van der Waals surface area contributed by atoms with Gasteiger partial charge in [-0.25, -0.2) is 23.5 Å². The number of rotatable bonds is 7. The van der Waals surface area contributed by atoms with Crippen LogP contribution in [0.4, 0.5) is 19.4 Å². The van der Waals surface area contributed by atoms with E-state index in [-0.39, 0.29) is 39.4 Å². The molecule has 1 fully saturated rings. The van der Waals surface area contributed by atoms with Crippen molar-refractivity contribution < 1.29 is 27.8 Å². The Kier molecular flexibility index (Phi) is 7.95. The Bertz CT molecular complexity index is 1550. The van der Waals surface area contributed by atoms with Crippen LogP contribution in [0.5, 0.6) is 17.2 Å². The highest BCUT2D eigenvalue weighted by atomic mass is 19.1. The second-order valence-electron chi connectivity index (χ2n) is 10.1. The summed E-state index contributed by atoms with van der Waals surface area (Å²) in [6, 6.07) is 7.51. The van der Waals surface area contributed by atoms with Crippen LogP contribution < -0.4 is 24.8 Å². The SMILES string of the molecule is COc1cc(OC)c(F)c(-c2ccc(OC(=O)Nc3ccc(CN4CCNCC4(C)C)cn3)c3nccnc23)c1F. The summed E-state index contributed by atoms with van der Waals surface area (Å²) in [5, 5.41) is 6.01. The molecule has 12 heteroatoms. The Morgan fingerprint density at radius 1 is 1.00 bits per heavy atom. The molecule has 4 aromatic rings. The highest BCUT2D eigenvalue weighted by molar-refractivity contribution is 5.97. The van der Waals surface area contributed by atoms with Crippen molar-refractivity contribution in [3.8, 4) is 28.4 Å². The maximum Gasteiger partial charge on any atom is 0.418 e. The maximum atomic E-state index is 15.2. The van der Waals surface area contributed by atoms with Gasteiger partial charge in [0.1, 0.15) is 16.9 Å². The van der Waals surface area contributed by atoms with Crippen molar-refractivity contribution in [2.75, 3.05) is 39.2 Å². The van der Waals surface area contributed by atoms with Gasteiger partial charge in [-0.05, 0) is 37.6 Å². The van der Waals surface area contributed by atoms with Crippen LogP contribution in [0.3, 0.4) is 0 Å². The summed E-state index contributed by atoms with van der Waals surface area (Å²) in [6.07, 6.45) is 3.66. The van der Waals surface area contributed by atoms with Crippen molar-refractivity contribution in [2.24, 2.45) is 0 Å². The smallest absolute Gasteiger partial charge is 0.418 e. The Morgan fingerprint density at radius 3 is 2.34 bits per heavy atom. The number of nitrogens with zero attached hydrogens (tertiary/aromatic N) is 4. The summed E-state index contributed by atoms with van der Waals surface area (Å²) >= 11 is 0. The first-order valence-corrected chi connectivity index (χ1v) is 13.0. The molecule has 2 aromatic heterocycles. The Labute approximate surface area is 235 Å². The number of amides is 1. The zero-order valence-corrected chi connectivity index (χ0v) is 23.1. The molecular weight excluding hydrogens is 534 g/mol. The molecule has 0 unspecified atom stereocenters. The molecule has 2 N–H and O–H groups in total. The van der Waals surface area contributed by atoms with Crippen molar-refractivity contribution in [1.29, 1.82) is 0 Å². The highest BCUT2D eigenvalue weighted by Crippen LogP contribution is 2.41. The predicted molar refractivity (Wildman–Crippen MR) is 149 cm³/mol. The largest absolute Gasteiger partial charge is 0.494 e. The van der Waals surface area contributed by atoms with E-state index in [0.717, 1.165) is 37.8 Å². The number of hydrogen-bond acceptors (Lipinski definition) is 9. The Balaban J connectivity index is 1.36. The van der Waals surface area contributed by atoms with Crippen LogP contribution in [0, 0.1) is 11.6 Å². The van der Waals surface area contributed by atoms with Gasteiger partial charge in [0.25, 0.3) is 0 Å². The molecule has 41 heavy (non-hydrogen) atoms. The van der Waals surface area contributed by atoms with Gasteiger partial charge in [0.05, 0.1) is 19.8 Å². The molecule has 1 amide bonds.